The van der Waals surface area contributed by atoms with Gasteiger partial charge in [0.25, 0.3) is 5.22 Å². The summed E-state index contributed by atoms with van der Waals surface area (Å²) in [7, 11) is 0. The van der Waals surface area contributed by atoms with Crippen LogP contribution in [-0.2, 0) is 4.79 Å². The zero-order chi connectivity index (χ0) is 19.2. The predicted molar refractivity (Wildman–Crippen MR) is 110 cm³/mol. The van der Waals surface area contributed by atoms with Crippen LogP contribution in [0.4, 0.5) is 0 Å². The highest BCUT2D eigenvalue weighted by Gasteiger charge is 2.28. The molecule has 0 aliphatic rings. The lowest BCUT2D eigenvalue weighted by molar-refractivity contribution is -0.130. The second-order valence-corrected chi connectivity index (χ2v) is 7.68. The molecule has 0 fully saturated rings. The first-order valence-electron chi connectivity index (χ1n) is 8.72. The molecule has 0 N–H and O–H groups in total. The molecule has 7 heteroatoms. The molecule has 0 aliphatic carbocycles. The molecule has 3 rings (SSSR count). The number of nitrogens with zero attached hydrogens (tertiary/aromatic N) is 3. The first-order chi connectivity index (χ1) is 13.1. The van der Waals surface area contributed by atoms with E-state index < -0.39 is 5.25 Å². The highest BCUT2D eigenvalue weighted by atomic mass is 79.9. The highest BCUT2D eigenvalue weighted by molar-refractivity contribution is 9.10. The van der Waals surface area contributed by atoms with E-state index in [4.69, 9.17) is 4.42 Å². The fraction of sp³-hybridized carbons (Fsp3) is 0.250. The quantitative estimate of drug-likeness (QED) is 0.467. The van der Waals surface area contributed by atoms with Crippen LogP contribution in [0.25, 0.3) is 11.5 Å². The summed E-state index contributed by atoms with van der Waals surface area (Å²) in [5.41, 5.74) is 1.74. The molecule has 0 unspecified atom stereocenters. The summed E-state index contributed by atoms with van der Waals surface area (Å²) in [5, 5.41) is 8.23. The molecule has 0 saturated carbocycles. The molecule has 140 valence electrons. The van der Waals surface area contributed by atoms with Gasteiger partial charge in [-0.25, -0.2) is 0 Å². The van der Waals surface area contributed by atoms with Crippen molar-refractivity contribution in [3.63, 3.8) is 0 Å². The van der Waals surface area contributed by atoms with Crippen molar-refractivity contribution in [2.45, 2.75) is 24.3 Å². The Morgan fingerprint density at radius 2 is 1.74 bits per heavy atom. The van der Waals surface area contributed by atoms with Crippen molar-refractivity contribution in [2.24, 2.45) is 0 Å². The fourth-order valence-corrected chi connectivity index (χ4v) is 4.11. The minimum absolute atomic E-state index is 0.0387. The van der Waals surface area contributed by atoms with Crippen molar-refractivity contribution in [1.82, 2.24) is 15.1 Å². The van der Waals surface area contributed by atoms with Crippen LogP contribution >= 0.6 is 27.7 Å². The SMILES string of the molecule is CCN(CC)C(=O)[C@@H](Sc1nnc(-c2ccccc2Br)o1)c1ccccc1. The van der Waals surface area contributed by atoms with Gasteiger partial charge >= 0.3 is 0 Å². The molecule has 1 heterocycles. The molecule has 0 radical (unpaired) electrons. The number of carbonyl (C=O) groups excluding carboxylic acids is 1. The summed E-state index contributed by atoms with van der Waals surface area (Å²) >= 11 is 4.78. The monoisotopic (exact) mass is 445 g/mol. The van der Waals surface area contributed by atoms with Crippen LogP contribution < -0.4 is 0 Å². The lowest BCUT2D eigenvalue weighted by Crippen LogP contribution is -2.33. The van der Waals surface area contributed by atoms with Gasteiger partial charge in [-0.3, -0.25) is 4.79 Å². The summed E-state index contributed by atoms with van der Waals surface area (Å²) < 4.78 is 6.72. The molecule has 1 atom stereocenters. The lowest BCUT2D eigenvalue weighted by atomic mass is 10.1. The molecule has 5 nitrogen and oxygen atoms in total. The van der Waals surface area contributed by atoms with Gasteiger partial charge in [0, 0.05) is 17.6 Å². The normalized spacial score (nSPS) is 12.0. The van der Waals surface area contributed by atoms with Crippen molar-refractivity contribution in [2.75, 3.05) is 13.1 Å². The Balaban J connectivity index is 1.89. The number of hydrogen-bond acceptors (Lipinski definition) is 5. The number of thioether (sulfide) groups is 1. The van der Waals surface area contributed by atoms with Crippen molar-refractivity contribution < 1.29 is 9.21 Å². The Bertz CT molecular complexity index is 897. The summed E-state index contributed by atoms with van der Waals surface area (Å²) in [6.07, 6.45) is 0. The Morgan fingerprint density at radius 3 is 2.41 bits per heavy atom. The Morgan fingerprint density at radius 1 is 1.07 bits per heavy atom. The highest BCUT2D eigenvalue weighted by Crippen LogP contribution is 2.37. The summed E-state index contributed by atoms with van der Waals surface area (Å²) in [6.45, 7) is 5.27. The molecule has 3 aromatic rings. The van der Waals surface area contributed by atoms with E-state index in [1.165, 1.54) is 11.8 Å². The maximum Gasteiger partial charge on any atom is 0.277 e. The molecular weight excluding hydrogens is 426 g/mol. The van der Waals surface area contributed by atoms with E-state index >= 15 is 0 Å². The Labute approximate surface area is 171 Å². The minimum Gasteiger partial charge on any atom is -0.411 e. The van der Waals surface area contributed by atoms with E-state index in [0.29, 0.717) is 24.2 Å². The van der Waals surface area contributed by atoms with Crippen LogP contribution in [-0.4, -0.2) is 34.1 Å². The van der Waals surface area contributed by atoms with Gasteiger partial charge in [-0.1, -0.05) is 42.5 Å². The number of hydrogen-bond donors (Lipinski definition) is 0. The van der Waals surface area contributed by atoms with Gasteiger partial charge in [0.15, 0.2) is 0 Å². The van der Waals surface area contributed by atoms with Crippen molar-refractivity contribution in [1.29, 1.82) is 0 Å². The van der Waals surface area contributed by atoms with Gasteiger partial charge in [0.05, 0.1) is 5.56 Å². The summed E-state index contributed by atoms with van der Waals surface area (Å²) in [6, 6.07) is 17.4. The molecule has 1 amide bonds. The minimum atomic E-state index is -0.432. The maximum atomic E-state index is 13.0. The first kappa shape index (κ1) is 19.6. The largest absolute Gasteiger partial charge is 0.411 e. The second kappa shape index (κ2) is 9.19. The third kappa shape index (κ3) is 4.59. The molecule has 0 bridgehead atoms. The molecule has 0 aliphatic heterocycles. The standard InChI is InChI=1S/C20H20BrN3O2S/c1-3-24(4-2)19(25)17(14-10-6-5-7-11-14)27-20-23-22-18(26-20)15-12-8-9-13-16(15)21/h5-13,17H,3-4H2,1-2H3/t17-/m0/s1. The molecule has 1 aromatic heterocycles. The number of amides is 1. The van der Waals surface area contributed by atoms with E-state index in [1.807, 2.05) is 73.3 Å². The van der Waals surface area contributed by atoms with Gasteiger partial charge < -0.3 is 9.32 Å². The molecule has 2 aromatic carbocycles. The van der Waals surface area contributed by atoms with Gasteiger partial charge in [-0.05, 0) is 59.2 Å². The topological polar surface area (TPSA) is 59.2 Å². The van der Waals surface area contributed by atoms with Crippen molar-refractivity contribution >= 4 is 33.6 Å². The van der Waals surface area contributed by atoms with Crippen molar-refractivity contribution in [3.8, 4) is 11.5 Å². The van der Waals surface area contributed by atoms with Crippen LogP contribution in [0.1, 0.15) is 24.7 Å². The van der Waals surface area contributed by atoms with Gasteiger partial charge in [0.1, 0.15) is 5.25 Å². The number of carbonyl (C=O) groups is 1. The van der Waals surface area contributed by atoms with Gasteiger partial charge in [-0.15, -0.1) is 10.2 Å². The lowest BCUT2D eigenvalue weighted by Gasteiger charge is -2.24. The zero-order valence-electron chi connectivity index (χ0n) is 15.1. The molecular formula is C20H20BrN3O2S. The molecule has 27 heavy (non-hydrogen) atoms. The van der Waals surface area contributed by atoms with E-state index in [-0.39, 0.29) is 5.91 Å². The second-order valence-electron chi connectivity index (χ2n) is 5.77. The van der Waals surface area contributed by atoms with E-state index in [9.17, 15) is 4.79 Å². The molecule has 0 spiro atoms. The Hall–Kier alpha value is -2.12. The van der Waals surface area contributed by atoms with E-state index in [0.717, 1.165) is 15.6 Å². The van der Waals surface area contributed by atoms with Crippen LogP contribution in [0, 0.1) is 0 Å². The number of likely N-dealkylation sites (N-methyl/N-ethyl adjacent to an activating group) is 1. The first-order valence-corrected chi connectivity index (χ1v) is 10.4. The van der Waals surface area contributed by atoms with Crippen LogP contribution in [0.15, 0.2) is 68.7 Å². The third-order valence-electron chi connectivity index (χ3n) is 4.13. The predicted octanol–water partition coefficient (Wildman–Crippen LogP) is 5.20. The van der Waals surface area contributed by atoms with Crippen LogP contribution in [0.5, 0.6) is 0 Å². The average molecular weight is 446 g/mol. The Kier molecular flexibility index (Phi) is 6.68. The van der Waals surface area contributed by atoms with Gasteiger partial charge in [-0.2, -0.15) is 0 Å². The maximum absolute atomic E-state index is 13.0. The fourth-order valence-electron chi connectivity index (χ4n) is 2.69. The number of rotatable bonds is 7. The van der Waals surface area contributed by atoms with Crippen molar-refractivity contribution in [3.05, 3.63) is 64.6 Å². The number of benzene rings is 2. The van der Waals surface area contributed by atoms with E-state index in [1.54, 1.807) is 0 Å². The van der Waals surface area contributed by atoms with Crippen LogP contribution in [0.2, 0.25) is 0 Å². The summed E-state index contributed by atoms with van der Waals surface area (Å²) in [4.78, 5) is 14.9. The van der Waals surface area contributed by atoms with E-state index in [2.05, 4.69) is 26.1 Å². The van der Waals surface area contributed by atoms with Gasteiger partial charge in [0.2, 0.25) is 11.8 Å². The number of aromatic nitrogens is 2. The third-order valence-corrected chi connectivity index (χ3v) is 5.90. The average Bonchev–Trinajstić information content (AvgIpc) is 3.16. The smallest absolute Gasteiger partial charge is 0.277 e. The zero-order valence-corrected chi connectivity index (χ0v) is 17.5. The summed E-state index contributed by atoms with van der Waals surface area (Å²) in [5.74, 6) is 0.462. The number of halogens is 1. The molecule has 0 saturated heterocycles. The van der Waals surface area contributed by atoms with Crippen LogP contribution in [0.3, 0.4) is 0 Å².